The molecular formula is C32H48N2O4. The highest BCUT2D eigenvalue weighted by Crippen LogP contribution is 2.33. The third kappa shape index (κ3) is 11.7. The first-order valence-corrected chi connectivity index (χ1v) is 14.5. The number of rotatable bonds is 19. The zero-order chi connectivity index (χ0) is 27.7. The number of unbranched alkanes of at least 4 members (excludes halogenated alkanes) is 5. The number of nitrogens with zero attached hydrogens (tertiary/aromatic N) is 2. The van der Waals surface area contributed by atoms with Gasteiger partial charge in [0.25, 0.3) is 0 Å². The Kier molecular flexibility index (Phi) is 14.0. The molecule has 6 nitrogen and oxygen atoms in total. The van der Waals surface area contributed by atoms with E-state index in [-0.39, 0.29) is 22.8 Å². The molecule has 2 rings (SSSR count). The molecule has 0 aliphatic heterocycles. The van der Waals surface area contributed by atoms with Crippen molar-refractivity contribution in [1.82, 2.24) is 9.97 Å². The van der Waals surface area contributed by atoms with E-state index in [1.807, 2.05) is 0 Å². The number of carbonyl (C=O) groups excluding carboxylic acids is 2. The van der Waals surface area contributed by atoms with Crippen LogP contribution in [0.4, 0.5) is 0 Å². The molecule has 0 spiro atoms. The molecule has 0 bridgehead atoms. The first kappa shape index (κ1) is 31.5. The summed E-state index contributed by atoms with van der Waals surface area (Å²) in [6.45, 7) is 9.76. The number of aromatic nitrogens is 2. The van der Waals surface area contributed by atoms with Crippen molar-refractivity contribution in [2.24, 2.45) is 10.8 Å². The van der Waals surface area contributed by atoms with Crippen LogP contribution in [0.25, 0.3) is 0 Å². The smallest absolute Gasteiger partial charge is 0.339 e. The molecule has 0 aromatic carbocycles. The van der Waals surface area contributed by atoms with Gasteiger partial charge in [-0.3, -0.25) is 9.97 Å². The number of ether oxygens (including phenoxy) is 2. The van der Waals surface area contributed by atoms with Crippen LogP contribution in [0.15, 0.2) is 49.1 Å². The van der Waals surface area contributed by atoms with E-state index in [9.17, 15) is 9.59 Å². The quantitative estimate of drug-likeness (QED) is 0.136. The van der Waals surface area contributed by atoms with Crippen molar-refractivity contribution in [1.29, 1.82) is 0 Å². The van der Waals surface area contributed by atoms with Crippen LogP contribution in [0, 0.1) is 10.8 Å². The molecule has 2 aromatic heterocycles. The summed E-state index contributed by atoms with van der Waals surface area (Å²) < 4.78 is 11.3. The molecule has 0 saturated heterocycles. The fourth-order valence-corrected chi connectivity index (χ4v) is 5.17. The van der Waals surface area contributed by atoms with E-state index in [0.717, 1.165) is 51.4 Å². The monoisotopic (exact) mass is 524 g/mol. The van der Waals surface area contributed by atoms with Gasteiger partial charge in [-0.1, -0.05) is 79.1 Å². The average molecular weight is 525 g/mol. The summed E-state index contributed by atoms with van der Waals surface area (Å²) in [4.78, 5) is 32.7. The van der Waals surface area contributed by atoms with Crippen LogP contribution < -0.4 is 0 Å². The van der Waals surface area contributed by atoms with Gasteiger partial charge in [0.15, 0.2) is 0 Å². The van der Waals surface area contributed by atoms with E-state index in [1.165, 1.54) is 25.7 Å². The molecule has 0 saturated carbocycles. The maximum Gasteiger partial charge on any atom is 0.339 e. The molecule has 0 amide bonds. The minimum atomic E-state index is -0.289. The third-order valence-corrected chi connectivity index (χ3v) is 7.42. The van der Waals surface area contributed by atoms with Crippen LogP contribution in [0.1, 0.15) is 125 Å². The molecule has 2 heterocycles. The molecule has 38 heavy (non-hydrogen) atoms. The third-order valence-electron chi connectivity index (χ3n) is 7.42. The van der Waals surface area contributed by atoms with E-state index in [2.05, 4.69) is 37.7 Å². The summed E-state index contributed by atoms with van der Waals surface area (Å²) >= 11 is 0. The maximum absolute atomic E-state index is 12.3. The summed E-state index contributed by atoms with van der Waals surface area (Å²) in [6, 6.07) is 6.99. The Hall–Kier alpha value is -2.76. The number of esters is 2. The van der Waals surface area contributed by atoms with Crippen molar-refractivity contribution in [2.75, 3.05) is 13.2 Å². The number of hydrogen-bond acceptors (Lipinski definition) is 6. The Labute approximate surface area is 230 Å². The molecule has 0 aliphatic carbocycles. The predicted octanol–water partition coefficient (Wildman–Crippen LogP) is 8.22. The van der Waals surface area contributed by atoms with E-state index in [1.54, 1.807) is 49.1 Å². The van der Waals surface area contributed by atoms with Crippen LogP contribution in [0.5, 0.6) is 0 Å². The van der Waals surface area contributed by atoms with Gasteiger partial charge >= 0.3 is 11.9 Å². The van der Waals surface area contributed by atoms with Gasteiger partial charge in [-0.25, -0.2) is 9.59 Å². The summed E-state index contributed by atoms with van der Waals surface area (Å²) in [6.07, 6.45) is 20.0. The summed E-state index contributed by atoms with van der Waals surface area (Å²) in [7, 11) is 0. The largest absolute Gasteiger partial charge is 0.461 e. The molecule has 2 atom stereocenters. The zero-order valence-electron chi connectivity index (χ0n) is 24.0. The molecule has 0 aliphatic rings. The molecule has 0 radical (unpaired) electrons. The Balaban J connectivity index is 1.64. The Morgan fingerprint density at radius 3 is 1.39 bits per heavy atom. The van der Waals surface area contributed by atoms with Crippen LogP contribution in [-0.2, 0) is 9.47 Å². The second-order valence-electron chi connectivity index (χ2n) is 11.4. The highest BCUT2D eigenvalue weighted by molar-refractivity contribution is 5.89. The number of pyridine rings is 2. The minimum Gasteiger partial charge on any atom is -0.461 e. The van der Waals surface area contributed by atoms with Gasteiger partial charge in [-0.05, 0) is 49.9 Å². The summed E-state index contributed by atoms with van der Waals surface area (Å²) in [5.74, 6) is -0.579. The first-order valence-electron chi connectivity index (χ1n) is 14.5. The molecule has 0 fully saturated rings. The van der Waals surface area contributed by atoms with Gasteiger partial charge in [0, 0.05) is 35.6 Å². The lowest BCUT2D eigenvalue weighted by atomic mass is 9.80. The van der Waals surface area contributed by atoms with Gasteiger partial charge in [0.05, 0.1) is 24.3 Å². The highest BCUT2D eigenvalue weighted by Gasteiger charge is 2.26. The van der Waals surface area contributed by atoms with Crippen LogP contribution in [-0.4, -0.2) is 35.1 Å². The van der Waals surface area contributed by atoms with Gasteiger partial charge in [-0.2, -0.15) is 0 Å². The van der Waals surface area contributed by atoms with Gasteiger partial charge < -0.3 is 9.47 Å². The van der Waals surface area contributed by atoms with E-state index >= 15 is 0 Å². The van der Waals surface area contributed by atoms with Crippen molar-refractivity contribution >= 4 is 11.9 Å². The molecule has 210 valence electrons. The minimum absolute atomic E-state index is 0.0157. The second kappa shape index (κ2) is 17.0. The van der Waals surface area contributed by atoms with Crippen molar-refractivity contribution in [3.05, 3.63) is 60.2 Å². The molecule has 6 heteroatoms. The van der Waals surface area contributed by atoms with Crippen molar-refractivity contribution in [3.63, 3.8) is 0 Å². The average Bonchev–Trinajstić information content (AvgIpc) is 2.93. The Bertz CT molecular complexity index is 859. The number of carbonyl (C=O) groups is 2. The molecule has 2 aromatic rings. The normalized spacial score (nSPS) is 14.3. The standard InChI is InChI=1S/C32H48N2O4/c1-5-17-31(3,25-37-29(35)27-15-13-21-33-23-27)19-11-9-7-8-10-12-20-32(4,18-6-2)26-38-30(36)28-16-14-22-34-24-28/h13-16,21-24H,5-12,17-20,25-26H2,1-4H3. The van der Waals surface area contributed by atoms with Crippen LogP contribution in [0.3, 0.4) is 0 Å². The van der Waals surface area contributed by atoms with Gasteiger partial charge in [0.1, 0.15) is 0 Å². The van der Waals surface area contributed by atoms with Crippen LogP contribution in [0.2, 0.25) is 0 Å². The van der Waals surface area contributed by atoms with Crippen molar-refractivity contribution < 1.29 is 19.1 Å². The maximum atomic E-state index is 12.3. The molecule has 0 N–H and O–H groups in total. The second-order valence-corrected chi connectivity index (χ2v) is 11.4. The predicted molar refractivity (Wildman–Crippen MR) is 152 cm³/mol. The first-order chi connectivity index (χ1) is 18.3. The van der Waals surface area contributed by atoms with Gasteiger partial charge in [0.2, 0.25) is 0 Å². The lowest BCUT2D eigenvalue weighted by Crippen LogP contribution is -2.25. The highest BCUT2D eigenvalue weighted by atomic mass is 16.5. The molecule has 2 unspecified atom stereocenters. The van der Waals surface area contributed by atoms with E-state index in [4.69, 9.17) is 9.47 Å². The van der Waals surface area contributed by atoms with E-state index in [0.29, 0.717) is 24.3 Å². The Morgan fingerprint density at radius 2 is 1.05 bits per heavy atom. The lowest BCUT2D eigenvalue weighted by Gasteiger charge is -2.29. The summed E-state index contributed by atoms with van der Waals surface area (Å²) in [5, 5.41) is 0. The van der Waals surface area contributed by atoms with E-state index < -0.39 is 0 Å². The van der Waals surface area contributed by atoms with Crippen molar-refractivity contribution in [2.45, 2.75) is 105 Å². The Morgan fingerprint density at radius 1 is 0.658 bits per heavy atom. The molecular weight excluding hydrogens is 476 g/mol. The topological polar surface area (TPSA) is 78.4 Å². The van der Waals surface area contributed by atoms with Crippen molar-refractivity contribution in [3.8, 4) is 0 Å². The van der Waals surface area contributed by atoms with Gasteiger partial charge in [-0.15, -0.1) is 0 Å². The van der Waals surface area contributed by atoms with Crippen LogP contribution >= 0.6 is 0 Å². The fraction of sp³-hybridized carbons (Fsp3) is 0.625. The SMILES string of the molecule is CCCC(C)(CCCCCCCCC(C)(CCC)COC(=O)c1cccnc1)COC(=O)c1cccnc1. The zero-order valence-corrected chi connectivity index (χ0v) is 24.0. The summed E-state index contributed by atoms with van der Waals surface area (Å²) in [5.41, 5.74) is 1.05. The fourth-order valence-electron chi connectivity index (χ4n) is 5.17. The lowest BCUT2D eigenvalue weighted by molar-refractivity contribution is 0.0260. The number of hydrogen-bond donors (Lipinski definition) is 0.